The van der Waals surface area contributed by atoms with Crippen LogP contribution in [-0.4, -0.2) is 12.7 Å². The maximum Gasteiger partial charge on any atom is 0.128 e. The van der Waals surface area contributed by atoms with Crippen LogP contribution in [0.5, 0.6) is 5.75 Å². The molecule has 1 unspecified atom stereocenters. The first-order valence-electron chi connectivity index (χ1n) is 4.37. The van der Waals surface area contributed by atoms with Gasteiger partial charge in [0, 0.05) is 6.42 Å². The van der Waals surface area contributed by atoms with Crippen molar-refractivity contribution < 1.29 is 9.57 Å². The molecule has 0 saturated carbocycles. The molecule has 3 heteroatoms. The van der Waals surface area contributed by atoms with Crippen LogP contribution in [0.4, 0.5) is 0 Å². The van der Waals surface area contributed by atoms with Gasteiger partial charge in [-0.2, -0.15) is 0 Å². The molecule has 0 radical (unpaired) electrons. The first-order valence-corrected chi connectivity index (χ1v) is 4.37. The summed E-state index contributed by atoms with van der Waals surface area (Å²) >= 11 is 0. The molecule has 1 aromatic rings. The maximum atomic E-state index is 5.62. The van der Waals surface area contributed by atoms with Crippen molar-refractivity contribution in [2.75, 3.05) is 6.61 Å². The van der Waals surface area contributed by atoms with Crippen molar-refractivity contribution in [3.05, 3.63) is 29.3 Å². The lowest BCUT2D eigenvalue weighted by Gasteiger charge is -2.07. The van der Waals surface area contributed by atoms with E-state index in [1.165, 1.54) is 11.1 Å². The smallest absolute Gasteiger partial charge is 0.128 e. The van der Waals surface area contributed by atoms with E-state index in [9.17, 15) is 0 Å². The second-order valence-electron chi connectivity index (χ2n) is 3.39. The molecule has 0 saturated heterocycles. The van der Waals surface area contributed by atoms with Crippen LogP contribution in [0, 0.1) is 6.92 Å². The van der Waals surface area contributed by atoms with Crippen molar-refractivity contribution in [3.63, 3.8) is 0 Å². The lowest BCUT2D eigenvalue weighted by atomic mass is 10.1. The molecule has 2 N–H and O–H groups in total. The number of fused-ring (bicyclic) bond motifs is 1. The third-order valence-corrected chi connectivity index (χ3v) is 2.25. The van der Waals surface area contributed by atoms with E-state index in [0.29, 0.717) is 6.61 Å². The molecule has 0 spiro atoms. The van der Waals surface area contributed by atoms with E-state index in [-0.39, 0.29) is 6.10 Å². The van der Waals surface area contributed by atoms with Gasteiger partial charge in [0.1, 0.15) is 18.5 Å². The third kappa shape index (κ3) is 1.66. The van der Waals surface area contributed by atoms with Crippen LogP contribution in [0.15, 0.2) is 18.2 Å². The van der Waals surface area contributed by atoms with E-state index in [1.807, 2.05) is 6.07 Å². The molecule has 2 rings (SSSR count). The largest absolute Gasteiger partial charge is 0.487 e. The Labute approximate surface area is 77.4 Å². The quantitative estimate of drug-likeness (QED) is 0.693. The molecule has 0 amide bonds. The summed E-state index contributed by atoms with van der Waals surface area (Å²) in [5.74, 6) is 5.97. The van der Waals surface area contributed by atoms with Gasteiger partial charge in [0.05, 0.1) is 0 Å². The summed E-state index contributed by atoms with van der Waals surface area (Å²) in [6.07, 6.45) is 0.981. The first kappa shape index (κ1) is 8.53. The molecule has 3 nitrogen and oxygen atoms in total. The van der Waals surface area contributed by atoms with E-state index >= 15 is 0 Å². The zero-order valence-electron chi connectivity index (χ0n) is 7.62. The Kier molecular flexibility index (Phi) is 2.20. The highest BCUT2D eigenvalue weighted by Gasteiger charge is 2.22. The standard InChI is InChI=1S/C10H13NO2/c1-7-2-3-8-5-9(6-12-11)13-10(8)4-7/h2-4,9H,5-6,11H2,1H3. The van der Waals surface area contributed by atoms with Crippen LogP contribution in [-0.2, 0) is 11.3 Å². The Balaban J connectivity index is 2.16. The molecule has 1 heterocycles. The predicted octanol–water partition coefficient (Wildman–Crippen LogP) is 1.19. The topological polar surface area (TPSA) is 44.5 Å². The lowest BCUT2D eigenvalue weighted by molar-refractivity contribution is 0.0609. The Morgan fingerprint density at radius 3 is 3.23 bits per heavy atom. The summed E-state index contributed by atoms with van der Waals surface area (Å²) in [6, 6.07) is 6.24. The number of rotatable bonds is 2. The van der Waals surface area contributed by atoms with Crippen LogP contribution < -0.4 is 10.6 Å². The van der Waals surface area contributed by atoms with Crippen LogP contribution in [0.3, 0.4) is 0 Å². The molecular formula is C10H13NO2. The second-order valence-corrected chi connectivity index (χ2v) is 3.39. The highest BCUT2D eigenvalue weighted by atomic mass is 16.6. The van der Waals surface area contributed by atoms with E-state index in [1.54, 1.807) is 0 Å². The molecule has 0 aromatic heterocycles. The Morgan fingerprint density at radius 2 is 2.46 bits per heavy atom. The number of ether oxygens (including phenoxy) is 1. The second kappa shape index (κ2) is 3.36. The van der Waals surface area contributed by atoms with E-state index in [0.717, 1.165) is 12.2 Å². The van der Waals surface area contributed by atoms with Gasteiger partial charge in [-0.1, -0.05) is 12.1 Å². The zero-order chi connectivity index (χ0) is 9.26. The lowest BCUT2D eigenvalue weighted by Crippen LogP contribution is -2.22. The zero-order valence-corrected chi connectivity index (χ0v) is 7.62. The van der Waals surface area contributed by atoms with Crippen molar-refractivity contribution >= 4 is 0 Å². The van der Waals surface area contributed by atoms with Gasteiger partial charge in [-0.25, -0.2) is 5.90 Å². The van der Waals surface area contributed by atoms with E-state index < -0.39 is 0 Å². The fourth-order valence-electron chi connectivity index (χ4n) is 1.61. The summed E-state index contributed by atoms with van der Waals surface area (Å²) < 4.78 is 5.62. The van der Waals surface area contributed by atoms with Gasteiger partial charge in [0.25, 0.3) is 0 Å². The summed E-state index contributed by atoms with van der Waals surface area (Å²) in [5.41, 5.74) is 2.46. The Morgan fingerprint density at radius 1 is 1.62 bits per heavy atom. The molecule has 0 bridgehead atoms. The van der Waals surface area contributed by atoms with Crippen molar-refractivity contribution in [1.82, 2.24) is 0 Å². The number of nitrogens with two attached hydrogens (primary N) is 1. The monoisotopic (exact) mass is 179 g/mol. The highest BCUT2D eigenvalue weighted by molar-refractivity contribution is 5.40. The van der Waals surface area contributed by atoms with Gasteiger partial charge < -0.3 is 9.57 Å². The van der Waals surface area contributed by atoms with Gasteiger partial charge in [-0.05, 0) is 24.1 Å². The fourth-order valence-corrected chi connectivity index (χ4v) is 1.61. The average Bonchev–Trinajstić information content (AvgIpc) is 2.46. The van der Waals surface area contributed by atoms with Crippen molar-refractivity contribution in [2.24, 2.45) is 5.90 Å². The van der Waals surface area contributed by atoms with Gasteiger partial charge in [0.2, 0.25) is 0 Å². The average molecular weight is 179 g/mol. The van der Waals surface area contributed by atoms with Crippen molar-refractivity contribution in [3.8, 4) is 5.75 Å². The highest BCUT2D eigenvalue weighted by Crippen LogP contribution is 2.29. The first-order chi connectivity index (χ1) is 6.29. The number of hydrogen-bond acceptors (Lipinski definition) is 3. The fraction of sp³-hybridized carbons (Fsp3) is 0.400. The summed E-state index contributed by atoms with van der Waals surface area (Å²) in [5, 5.41) is 0. The molecule has 0 aliphatic carbocycles. The minimum Gasteiger partial charge on any atom is -0.487 e. The van der Waals surface area contributed by atoms with Crippen LogP contribution >= 0.6 is 0 Å². The van der Waals surface area contributed by atoms with Crippen LogP contribution in [0.2, 0.25) is 0 Å². The molecule has 1 atom stereocenters. The van der Waals surface area contributed by atoms with E-state index in [4.69, 9.17) is 10.6 Å². The van der Waals surface area contributed by atoms with E-state index in [2.05, 4.69) is 23.9 Å². The van der Waals surface area contributed by atoms with Crippen LogP contribution in [0.1, 0.15) is 11.1 Å². The SMILES string of the molecule is Cc1ccc2c(c1)OC(CON)C2. The van der Waals surface area contributed by atoms with Gasteiger partial charge in [0.15, 0.2) is 0 Å². The molecule has 1 aromatic carbocycles. The van der Waals surface area contributed by atoms with Crippen molar-refractivity contribution in [2.45, 2.75) is 19.4 Å². The van der Waals surface area contributed by atoms with Gasteiger partial charge in [-0.3, -0.25) is 0 Å². The molecule has 0 fully saturated rings. The number of aryl methyl sites for hydroxylation is 1. The maximum absolute atomic E-state index is 5.62. The third-order valence-electron chi connectivity index (χ3n) is 2.25. The molecule has 13 heavy (non-hydrogen) atoms. The molecule has 70 valence electrons. The normalized spacial score (nSPS) is 19.7. The molecule has 1 aliphatic rings. The summed E-state index contributed by atoms with van der Waals surface area (Å²) in [6.45, 7) is 2.50. The number of hydrogen-bond donors (Lipinski definition) is 1. The molecule has 1 aliphatic heterocycles. The minimum absolute atomic E-state index is 0.0850. The summed E-state index contributed by atoms with van der Waals surface area (Å²) in [7, 11) is 0. The predicted molar refractivity (Wildman–Crippen MR) is 49.4 cm³/mol. The van der Waals surface area contributed by atoms with Crippen LogP contribution in [0.25, 0.3) is 0 Å². The molecular weight excluding hydrogens is 166 g/mol. The van der Waals surface area contributed by atoms with Gasteiger partial charge >= 0.3 is 0 Å². The van der Waals surface area contributed by atoms with Gasteiger partial charge in [-0.15, -0.1) is 0 Å². The summed E-state index contributed by atoms with van der Waals surface area (Å²) in [4.78, 5) is 4.56. The van der Waals surface area contributed by atoms with Crippen molar-refractivity contribution in [1.29, 1.82) is 0 Å². The minimum atomic E-state index is 0.0850. The Bertz CT molecular complexity index is 312. The number of benzene rings is 1. The Hall–Kier alpha value is -1.06.